The number of carboxylic acids is 1. The zero-order valence-corrected chi connectivity index (χ0v) is 18.3. The van der Waals surface area contributed by atoms with Crippen LogP contribution in [0.4, 0.5) is 10.2 Å². The van der Waals surface area contributed by atoms with Crippen LogP contribution in [0, 0.1) is 5.82 Å². The fraction of sp³-hybridized carbons (Fsp3) is 0.0417. The molecule has 174 valence electrons. The Hall–Kier alpha value is -5.06. The third-order valence-electron chi connectivity index (χ3n) is 4.79. The van der Waals surface area contributed by atoms with Crippen LogP contribution in [-0.2, 0) is 9.59 Å². The molecule has 5 rings (SSSR count). The predicted molar refractivity (Wildman–Crippen MR) is 127 cm³/mol. The van der Waals surface area contributed by atoms with Gasteiger partial charge in [0.2, 0.25) is 0 Å². The molecule has 4 aromatic heterocycles. The molecule has 0 saturated carbocycles. The summed E-state index contributed by atoms with van der Waals surface area (Å²) in [6.07, 6.45) is 8.32. The van der Waals surface area contributed by atoms with Gasteiger partial charge in [-0.05, 0) is 49.4 Å². The van der Waals surface area contributed by atoms with E-state index in [0.717, 1.165) is 34.5 Å². The van der Waals surface area contributed by atoms with Crippen molar-refractivity contribution in [1.82, 2.24) is 29.5 Å². The molecule has 0 aliphatic heterocycles. The van der Waals surface area contributed by atoms with Crippen LogP contribution in [0.15, 0.2) is 73.5 Å². The SMILES string of the molecule is CC(=O)/C=C\C(=O)O.Nc1nc(-c2ccc(F)cc2)c(-c2ccc3ncnn3c2)c2nccnc12. The molecular formula is C24H18FN7O3. The van der Waals surface area contributed by atoms with Gasteiger partial charge in [0.05, 0.1) is 5.69 Å². The lowest BCUT2D eigenvalue weighted by Crippen LogP contribution is -2.01. The molecule has 4 heterocycles. The summed E-state index contributed by atoms with van der Waals surface area (Å²) in [5, 5.41) is 12.1. The molecule has 0 aliphatic rings. The molecule has 0 unspecified atom stereocenters. The van der Waals surface area contributed by atoms with Crippen molar-refractivity contribution >= 4 is 34.3 Å². The summed E-state index contributed by atoms with van der Waals surface area (Å²) in [7, 11) is 0. The topological polar surface area (TPSA) is 149 Å². The number of rotatable bonds is 4. The van der Waals surface area contributed by atoms with Crippen molar-refractivity contribution in [3.63, 3.8) is 0 Å². The fourth-order valence-electron chi connectivity index (χ4n) is 3.29. The number of nitrogens with two attached hydrogens (primary N) is 1. The number of carbonyl (C=O) groups excluding carboxylic acids is 1. The number of nitrogen functional groups attached to an aromatic ring is 1. The molecular weight excluding hydrogens is 453 g/mol. The fourth-order valence-corrected chi connectivity index (χ4v) is 3.29. The largest absolute Gasteiger partial charge is 0.478 e. The van der Waals surface area contributed by atoms with E-state index >= 15 is 0 Å². The van der Waals surface area contributed by atoms with E-state index in [4.69, 9.17) is 10.8 Å². The molecule has 0 radical (unpaired) electrons. The summed E-state index contributed by atoms with van der Waals surface area (Å²) in [5.74, 6) is -1.41. The number of benzene rings is 1. The minimum Gasteiger partial charge on any atom is -0.478 e. The number of fused-ring (bicyclic) bond motifs is 2. The summed E-state index contributed by atoms with van der Waals surface area (Å²) in [6, 6.07) is 9.87. The van der Waals surface area contributed by atoms with Crippen LogP contribution in [0.5, 0.6) is 0 Å². The molecule has 0 spiro atoms. The summed E-state index contributed by atoms with van der Waals surface area (Å²) < 4.78 is 15.1. The van der Waals surface area contributed by atoms with Crippen molar-refractivity contribution in [2.45, 2.75) is 6.92 Å². The summed E-state index contributed by atoms with van der Waals surface area (Å²) in [6.45, 7) is 1.29. The van der Waals surface area contributed by atoms with Gasteiger partial charge in [-0.25, -0.2) is 28.7 Å². The quantitative estimate of drug-likeness (QED) is 0.376. The first kappa shape index (κ1) is 23.1. The van der Waals surface area contributed by atoms with Gasteiger partial charge in [0.25, 0.3) is 0 Å². The molecule has 0 saturated heterocycles. The second-order valence-corrected chi connectivity index (χ2v) is 7.24. The van der Waals surface area contributed by atoms with Gasteiger partial charge in [0.1, 0.15) is 23.2 Å². The average Bonchev–Trinajstić information content (AvgIpc) is 3.32. The standard InChI is InChI=1S/C19H12FN7.C5H6O3/c20-13-4-1-11(2-5-13)16-15(12-3-6-14-24-10-25-27(14)9-12)17-18(19(21)26-16)23-8-7-22-17;1-4(6)2-3-5(7)8/h1-10H,(H2,21,26);2-3H,1H3,(H,7,8)/b;3-2-. The maximum Gasteiger partial charge on any atom is 0.328 e. The Kier molecular flexibility index (Phi) is 6.49. The Labute approximate surface area is 197 Å². The number of allylic oxidation sites excluding steroid dienone is 1. The second-order valence-electron chi connectivity index (χ2n) is 7.24. The summed E-state index contributed by atoms with van der Waals surface area (Å²) in [5.41, 5.74) is 10.9. The number of hydrogen-bond donors (Lipinski definition) is 2. The van der Waals surface area contributed by atoms with Gasteiger partial charge < -0.3 is 10.8 Å². The number of carboxylic acid groups (broad SMARTS) is 1. The zero-order chi connectivity index (χ0) is 24.9. The highest BCUT2D eigenvalue weighted by atomic mass is 19.1. The molecule has 11 heteroatoms. The molecule has 10 nitrogen and oxygen atoms in total. The van der Waals surface area contributed by atoms with E-state index in [2.05, 4.69) is 25.0 Å². The molecule has 3 N–H and O–H groups in total. The van der Waals surface area contributed by atoms with E-state index in [0.29, 0.717) is 16.7 Å². The third-order valence-corrected chi connectivity index (χ3v) is 4.79. The van der Waals surface area contributed by atoms with Gasteiger partial charge >= 0.3 is 5.97 Å². The molecule has 0 amide bonds. The number of aromatic nitrogens is 6. The minimum atomic E-state index is -1.10. The highest BCUT2D eigenvalue weighted by Gasteiger charge is 2.18. The number of aliphatic carboxylic acids is 1. The van der Waals surface area contributed by atoms with Crippen LogP contribution in [0.1, 0.15) is 6.92 Å². The molecule has 5 aromatic rings. The molecule has 0 atom stereocenters. The Morgan fingerprint density at radius 3 is 2.31 bits per heavy atom. The normalized spacial score (nSPS) is 10.9. The predicted octanol–water partition coefficient (Wildman–Crippen LogP) is 3.34. The van der Waals surface area contributed by atoms with E-state index in [1.54, 1.807) is 29.0 Å². The maximum absolute atomic E-state index is 13.4. The summed E-state index contributed by atoms with van der Waals surface area (Å²) in [4.78, 5) is 37.2. The Morgan fingerprint density at radius 1 is 0.971 bits per heavy atom. The average molecular weight is 471 g/mol. The lowest BCUT2D eigenvalue weighted by atomic mass is 9.98. The van der Waals surface area contributed by atoms with Gasteiger partial charge in [0, 0.05) is 41.4 Å². The second kappa shape index (κ2) is 9.83. The number of pyridine rings is 2. The summed E-state index contributed by atoms with van der Waals surface area (Å²) >= 11 is 0. The Balaban J connectivity index is 0.000000314. The van der Waals surface area contributed by atoms with Gasteiger partial charge in [0.15, 0.2) is 17.2 Å². The van der Waals surface area contributed by atoms with Crippen LogP contribution >= 0.6 is 0 Å². The number of halogens is 1. The van der Waals surface area contributed by atoms with Gasteiger partial charge in [-0.3, -0.25) is 9.78 Å². The number of hydrogen-bond acceptors (Lipinski definition) is 8. The minimum absolute atomic E-state index is 0.257. The van der Waals surface area contributed by atoms with Crippen LogP contribution in [0.25, 0.3) is 39.1 Å². The first-order valence-electron chi connectivity index (χ1n) is 10.2. The highest BCUT2D eigenvalue weighted by Crippen LogP contribution is 2.37. The Morgan fingerprint density at radius 2 is 1.66 bits per heavy atom. The highest BCUT2D eigenvalue weighted by molar-refractivity contribution is 6.02. The van der Waals surface area contributed by atoms with E-state index < -0.39 is 5.97 Å². The van der Waals surface area contributed by atoms with E-state index in [9.17, 15) is 14.0 Å². The number of nitrogens with zero attached hydrogens (tertiary/aromatic N) is 6. The smallest absolute Gasteiger partial charge is 0.328 e. The van der Waals surface area contributed by atoms with Crippen molar-refractivity contribution in [2.75, 3.05) is 5.73 Å². The van der Waals surface area contributed by atoms with E-state index in [1.807, 2.05) is 18.3 Å². The molecule has 0 aliphatic carbocycles. The Bertz CT molecular complexity index is 1560. The maximum atomic E-state index is 13.4. The van der Waals surface area contributed by atoms with Crippen LogP contribution in [-0.4, -0.2) is 46.4 Å². The van der Waals surface area contributed by atoms with Crippen molar-refractivity contribution in [3.05, 3.63) is 79.3 Å². The van der Waals surface area contributed by atoms with Gasteiger partial charge in [-0.2, -0.15) is 5.10 Å². The number of carbonyl (C=O) groups is 2. The number of anilines is 1. The van der Waals surface area contributed by atoms with Gasteiger partial charge in [-0.1, -0.05) is 0 Å². The van der Waals surface area contributed by atoms with Crippen molar-refractivity contribution in [1.29, 1.82) is 0 Å². The monoisotopic (exact) mass is 471 g/mol. The molecule has 1 aromatic carbocycles. The van der Waals surface area contributed by atoms with Crippen molar-refractivity contribution in [3.8, 4) is 22.4 Å². The molecule has 0 fully saturated rings. The van der Waals surface area contributed by atoms with Crippen LogP contribution in [0.3, 0.4) is 0 Å². The van der Waals surface area contributed by atoms with E-state index in [1.165, 1.54) is 25.4 Å². The first-order valence-corrected chi connectivity index (χ1v) is 10.2. The zero-order valence-electron chi connectivity index (χ0n) is 18.3. The molecule has 0 bridgehead atoms. The van der Waals surface area contributed by atoms with E-state index in [-0.39, 0.29) is 17.4 Å². The van der Waals surface area contributed by atoms with Crippen LogP contribution < -0.4 is 5.73 Å². The van der Waals surface area contributed by atoms with Crippen LogP contribution in [0.2, 0.25) is 0 Å². The number of ketones is 1. The lowest BCUT2D eigenvalue weighted by molar-refractivity contribution is -0.131. The van der Waals surface area contributed by atoms with Crippen molar-refractivity contribution < 1.29 is 19.1 Å². The first-order chi connectivity index (χ1) is 16.8. The third kappa shape index (κ3) is 5.14. The van der Waals surface area contributed by atoms with Gasteiger partial charge in [-0.15, -0.1) is 0 Å². The molecule has 35 heavy (non-hydrogen) atoms. The van der Waals surface area contributed by atoms with Crippen molar-refractivity contribution in [2.24, 2.45) is 0 Å². The lowest BCUT2D eigenvalue weighted by Gasteiger charge is -2.13.